The van der Waals surface area contributed by atoms with Gasteiger partial charge >= 0.3 is 6.03 Å². The predicted molar refractivity (Wildman–Crippen MR) is 107 cm³/mol. The summed E-state index contributed by atoms with van der Waals surface area (Å²) < 4.78 is 0. The molecule has 0 atom stereocenters. The van der Waals surface area contributed by atoms with Crippen molar-refractivity contribution in [1.29, 1.82) is 0 Å². The van der Waals surface area contributed by atoms with Crippen molar-refractivity contribution in [3.8, 4) is 0 Å². The van der Waals surface area contributed by atoms with E-state index in [1.807, 2.05) is 19.1 Å². The summed E-state index contributed by atoms with van der Waals surface area (Å²) in [5.41, 5.74) is 10.4. The number of carbonyl (C=O) groups is 2. The molecule has 27 heavy (non-hydrogen) atoms. The van der Waals surface area contributed by atoms with Gasteiger partial charge in [-0.25, -0.2) is 10.2 Å². The Morgan fingerprint density at radius 3 is 2.19 bits per heavy atom. The lowest BCUT2D eigenvalue weighted by atomic mass is 10.1. The number of hydrogen-bond donors (Lipinski definition) is 2. The smallest absolute Gasteiger partial charge is 0.336 e. The Hall–Kier alpha value is -3.02. The van der Waals surface area contributed by atoms with Crippen molar-refractivity contribution in [3.05, 3.63) is 64.7 Å². The lowest BCUT2D eigenvalue weighted by Crippen LogP contribution is -2.55. The highest BCUT2D eigenvalue weighted by atomic mass is 16.2. The molecule has 142 valence electrons. The molecular weight excluding hydrogens is 340 g/mol. The highest BCUT2D eigenvalue weighted by molar-refractivity contribution is 5.95. The number of hydrogen-bond acceptors (Lipinski definition) is 3. The van der Waals surface area contributed by atoms with Gasteiger partial charge in [-0.15, -0.1) is 0 Å². The van der Waals surface area contributed by atoms with Gasteiger partial charge in [-0.3, -0.25) is 10.2 Å². The number of carbonyl (C=O) groups excluding carboxylic acids is 2. The number of urea groups is 1. The maximum Gasteiger partial charge on any atom is 0.336 e. The third-order valence-electron chi connectivity index (χ3n) is 5.08. The Kier molecular flexibility index (Phi) is 5.64. The second kappa shape index (κ2) is 8.12. The molecule has 0 radical (unpaired) electrons. The topological polar surface area (TPSA) is 64.7 Å². The van der Waals surface area contributed by atoms with Gasteiger partial charge in [0.15, 0.2) is 0 Å². The highest BCUT2D eigenvalue weighted by Crippen LogP contribution is 2.23. The average Bonchev–Trinajstić information content (AvgIpc) is 2.68. The van der Waals surface area contributed by atoms with E-state index in [1.165, 1.54) is 16.8 Å². The van der Waals surface area contributed by atoms with Gasteiger partial charge in [-0.05, 0) is 50.1 Å². The Morgan fingerprint density at radius 1 is 0.852 bits per heavy atom. The monoisotopic (exact) mass is 366 g/mol. The van der Waals surface area contributed by atoms with Crippen molar-refractivity contribution in [2.75, 3.05) is 31.1 Å². The second-order valence-electron chi connectivity index (χ2n) is 6.94. The summed E-state index contributed by atoms with van der Waals surface area (Å²) in [7, 11) is 0. The minimum Gasteiger partial charge on any atom is -0.368 e. The molecule has 1 aliphatic rings. The van der Waals surface area contributed by atoms with E-state index in [0.717, 1.165) is 18.7 Å². The number of nitrogens with zero attached hydrogens (tertiary/aromatic N) is 2. The van der Waals surface area contributed by atoms with Crippen LogP contribution >= 0.6 is 0 Å². The zero-order chi connectivity index (χ0) is 19.4. The maximum absolute atomic E-state index is 12.3. The molecule has 2 aromatic carbocycles. The van der Waals surface area contributed by atoms with Crippen LogP contribution in [-0.4, -0.2) is 43.0 Å². The maximum atomic E-state index is 12.3. The molecule has 2 N–H and O–H groups in total. The Morgan fingerprint density at radius 2 is 1.52 bits per heavy atom. The van der Waals surface area contributed by atoms with Crippen LogP contribution in [0, 0.1) is 20.8 Å². The zero-order valence-corrected chi connectivity index (χ0v) is 16.1. The first-order chi connectivity index (χ1) is 13.0. The zero-order valence-electron chi connectivity index (χ0n) is 16.1. The fraction of sp³-hybridized carbons (Fsp3) is 0.333. The molecule has 0 saturated carbocycles. The van der Waals surface area contributed by atoms with Crippen molar-refractivity contribution in [2.45, 2.75) is 20.8 Å². The first-order valence-electron chi connectivity index (χ1n) is 9.19. The Balaban J connectivity index is 1.50. The van der Waals surface area contributed by atoms with Crippen LogP contribution < -0.4 is 15.8 Å². The number of piperazine rings is 1. The average molecular weight is 366 g/mol. The van der Waals surface area contributed by atoms with Crippen molar-refractivity contribution < 1.29 is 9.59 Å². The molecule has 0 aliphatic carbocycles. The molecule has 1 heterocycles. The molecule has 1 saturated heterocycles. The molecule has 2 aromatic rings. The van der Waals surface area contributed by atoms with E-state index in [4.69, 9.17) is 0 Å². The predicted octanol–water partition coefficient (Wildman–Crippen LogP) is 2.79. The standard InChI is InChI=1S/C21H26N4O2/c1-15-7-9-18(10-8-15)20(26)22-23-21(27)25-13-11-24(12-14-25)19-6-4-5-16(2)17(19)3/h4-10H,11-14H2,1-3H3,(H,22,26)(H,23,27). The van der Waals surface area contributed by atoms with Crippen LogP contribution in [0.4, 0.5) is 10.5 Å². The first-order valence-corrected chi connectivity index (χ1v) is 9.19. The van der Waals surface area contributed by atoms with E-state index < -0.39 is 0 Å². The molecule has 3 amide bonds. The number of hydrazine groups is 1. The van der Waals surface area contributed by atoms with Crippen molar-refractivity contribution in [2.24, 2.45) is 0 Å². The number of benzene rings is 2. The van der Waals surface area contributed by atoms with Crippen molar-refractivity contribution in [3.63, 3.8) is 0 Å². The molecule has 0 bridgehead atoms. The van der Waals surface area contributed by atoms with Gasteiger partial charge in [0.2, 0.25) is 0 Å². The fourth-order valence-corrected chi connectivity index (χ4v) is 3.20. The van der Waals surface area contributed by atoms with Crippen molar-refractivity contribution in [1.82, 2.24) is 15.8 Å². The number of aryl methyl sites for hydroxylation is 2. The third kappa shape index (κ3) is 4.39. The molecule has 0 spiro atoms. The molecule has 1 aliphatic heterocycles. The first kappa shape index (κ1) is 18.8. The van der Waals surface area contributed by atoms with Gasteiger partial charge in [0.1, 0.15) is 0 Å². The molecular formula is C21H26N4O2. The number of anilines is 1. The lowest BCUT2D eigenvalue weighted by molar-refractivity contribution is 0.0929. The quantitative estimate of drug-likeness (QED) is 0.804. The number of rotatable bonds is 2. The lowest BCUT2D eigenvalue weighted by Gasteiger charge is -2.36. The van der Waals surface area contributed by atoms with Gasteiger partial charge in [-0.1, -0.05) is 29.8 Å². The molecule has 1 fully saturated rings. The van der Waals surface area contributed by atoms with E-state index in [9.17, 15) is 9.59 Å². The Bertz CT molecular complexity index is 825. The second-order valence-corrected chi connectivity index (χ2v) is 6.94. The van der Waals surface area contributed by atoms with Gasteiger partial charge < -0.3 is 9.80 Å². The van der Waals surface area contributed by atoms with Crippen molar-refractivity contribution >= 4 is 17.6 Å². The normalized spacial score (nSPS) is 14.0. The summed E-state index contributed by atoms with van der Waals surface area (Å²) in [6.45, 7) is 8.96. The van der Waals surface area contributed by atoms with Crippen LogP contribution in [0.3, 0.4) is 0 Å². The fourth-order valence-electron chi connectivity index (χ4n) is 3.20. The summed E-state index contributed by atoms with van der Waals surface area (Å²) in [5.74, 6) is -0.322. The minimum absolute atomic E-state index is 0.281. The number of nitrogens with one attached hydrogen (secondary N) is 2. The number of amides is 3. The van der Waals surface area contributed by atoms with Crippen LogP contribution in [0.15, 0.2) is 42.5 Å². The summed E-state index contributed by atoms with van der Waals surface area (Å²) in [4.78, 5) is 28.5. The van der Waals surface area contributed by atoms with Crippen LogP contribution in [-0.2, 0) is 0 Å². The van der Waals surface area contributed by atoms with E-state index >= 15 is 0 Å². The van der Waals surface area contributed by atoms with Gasteiger partial charge in [0.05, 0.1) is 0 Å². The molecule has 3 rings (SSSR count). The Labute approximate surface area is 160 Å². The van der Waals surface area contributed by atoms with Crippen LogP contribution in [0.25, 0.3) is 0 Å². The molecule has 0 aromatic heterocycles. The van der Waals surface area contributed by atoms with Gasteiger partial charge in [0, 0.05) is 37.4 Å². The van der Waals surface area contributed by atoms with E-state index in [2.05, 4.69) is 47.8 Å². The summed E-state index contributed by atoms with van der Waals surface area (Å²) in [6, 6.07) is 13.2. The third-order valence-corrected chi connectivity index (χ3v) is 5.08. The summed E-state index contributed by atoms with van der Waals surface area (Å²) in [5, 5.41) is 0. The van der Waals surface area contributed by atoms with Crippen LogP contribution in [0.2, 0.25) is 0 Å². The molecule has 0 unspecified atom stereocenters. The molecule has 6 heteroatoms. The van der Waals surface area contributed by atoms with E-state index in [-0.39, 0.29) is 11.9 Å². The van der Waals surface area contributed by atoms with Crippen LogP contribution in [0.1, 0.15) is 27.0 Å². The van der Waals surface area contributed by atoms with Gasteiger partial charge in [-0.2, -0.15) is 0 Å². The van der Waals surface area contributed by atoms with E-state index in [0.29, 0.717) is 18.7 Å². The minimum atomic E-state index is -0.322. The van der Waals surface area contributed by atoms with Gasteiger partial charge in [0.25, 0.3) is 5.91 Å². The van der Waals surface area contributed by atoms with Crippen LogP contribution in [0.5, 0.6) is 0 Å². The SMILES string of the molecule is Cc1ccc(C(=O)NNC(=O)N2CCN(c3cccc(C)c3C)CC2)cc1. The van der Waals surface area contributed by atoms with E-state index in [1.54, 1.807) is 17.0 Å². The highest BCUT2D eigenvalue weighted by Gasteiger charge is 2.22. The molecule has 6 nitrogen and oxygen atoms in total. The summed E-state index contributed by atoms with van der Waals surface area (Å²) >= 11 is 0. The largest absolute Gasteiger partial charge is 0.368 e. The summed E-state index contributed by atoms with van der Waals surface area (Å²) in [6.07, 6.45) is 0.